The number of benzene rings is 1. The topological polar surface area (TPSA) is 107 Å². The fourth-order valence-corrected chi connectivity index (χ4v) is 1.22. The number of aliphatic carboxylic acids is 1. The molecule has 18 heavy (non-hydrogen) atoms. The van der Waals surface area contributed by atoms with Crippen LogP contribution in [0.25, 0.3) is 0 Å². The van der Waals surface area contributed by atoms with Crippen LogP contribution in [0.15, 0.2) is 18.2 Å². The van der Waals surface area contributed by atoms with Gasteiger partial charge in [-0.1, -0.05) is 6.07 Å². The number of carboxylic acids is 1. The molecule has 0 saturated heterocycles. The molecule has 1 atom stereocenters. The van der Waals surface area contributed by atoms with E-state index in [-0.39, 0.29) is 10.6 Å². The zero-order chi connectivity index (χ0) is 13.9. The third kappa shape index (κ3) is 3.03. The van der Waals surface area contributed by atoms with Crippen molar-refractivity contribution in [3.63, 3.8) is 0 Å². The van der Waals surface area contributed by atoms with Gasteiger partial charge in [0.2, 0.25) is 0 Å². The van der Waals surface area contributed by atoms with Gasteiger partial charge < -0.3 is 9.84 Å². The molecule has 0 fully saturated rings. The molecule has 1 unspecified atom stereocenters. The van der Waals surface area contributed by atoms with Crippen LogP contribution in [-0.2, 0) is 14.3 Å². The molecule has 2 rings (SSSR count). The lowest BCUT2D eigenvalue weighted by atomic mass is 10.1. The Bertz CT molecular complexity index is 594. The first kappa shape index (κ1) is 13.6. The summed E-state index contributed by atoms with van der Waals surface area (Å²) in [5.41, 5.74) is 0.257. The summed E-state index contributed by atoms with van der Waals surface area (Å²) in [7, 11) is 0. The van der Waals surface area contributed by atoms with Gasteiger partial charge in [0.25, 0.3) is 5.69 Å². The second-order valence-electron chi connectivity index (χ2n) is 3.58. The van der Waals surface area contributed by atoms with Crippen LogP contribution in [0, 0.1) is 20.6 Å². The number of ether oxygens (including phenoxy) is 1. The summed E-state index contributed by atoms with van der Waals surface area (Å²) >= 11 is 0. The average Bonchev–Trinajstić information content (AvgIpc) is 2.21. The Hall–Kier alpha value is -2.44. The fourth-order valence-electron chi connectivity index (χ4n) is 1.22. The Morgan fingerprint density at radius 1 is 1.44 bits per heavy atom. The van der Waals surface area contributed by atoms with Crippen LogP contribution in [0.3, 0.4) is 0 Å². The average molecular weight is 253 g/mol. The van der Waals surface area contributed by atoms with E-state index in [4.69, 9.17) is 5.11 Å². The maximum absolute atomic E-state index is 10.1. The minimum atomic E-state index is -1.13. The van der Waals surface area contributed by atoms with Gasteiger partial charge in [-0.25, -0.2) is 4.79 Å². The summed E-state index contributed by atoms with van der Waals surface area (Å²) in [5, 5.41) is 20.0. The molecular formula is C11H11NO6. The molecule has 0 radical (unpaired) electrons. The molecule has 0 spiro atoms. The number of nitrogens with zero attached hydrogens (tertiary/aromatic N) is 1. The van der Waals surface area contributed by atoms with E-state index in [0.717, 1.165) is 10.4 Å². The largest absolute Gasteiger partial charge is 0.479 e. The van der Waals surface area contributed by atoms with Crippen molar-refractivity contribution in [1.82, 2.24) is 0 Å². The lowest BCUT2D eigenvalue weighted by Gasteiger charge is -2.04. The summed E-state index contributed by atoms with van der Waals surface area (Å²) in [6.45, 7) is 2.46. The number of carbonyl (C=O) groups is 2. The van der Waals surface area contributed by atoms with Crippen molar-refractivity contribution in [2.24, 2.45) is 0 Å². The Kier molecular flexibility index (Phi) is 3.98. The highest BCUT2D eigenvalue weighted by molar-refractivity contribution is 5.76. The summed E-state index contributed by atoms with van der Waals surface area (Å²) < 4.78 is 4.27. The molecule has 0 aromatic carbocycles. The molecule has 7 heteroatoms. The highest BCUT2D eigenvalue weighted by Crippen LogP contribution is 2.22. The molecule has 2 aliphatic rings. The third-order valence-electron chi connectivity index (χ3n) is 2.20. The molecule has 2 aliphatic carbocycles. The van der Waals surface area contributed by atoms with Gasteiger partial charge in [-0.15, -0.1) is 0 Å². The standard InChI is InChI=1S/C6H3NO2.C5H8O4/c8-7(9)6-3-4-1-2-5(4)6;1-3(5(7)8)9-4(2)6/h1-3H;3H,1-2H3,(H,7,8). The Labute approximate surface area is 101 Å². The highest BCUT2D eigenvalue weighted by atomic mass is 16.6. The lowest BCUT2D eigenvalue weighted by molar-refractivity contribution is -0.386. The van der Waals surface area contributed by atoms with Crippen LogP contribution in [0.1, 0.15) is 13.8 Å². The van der Waals surface area contributed by atoms with Gasteiger partial charge in [0, 0.05) is 13.0 Å². The molecule has 1 N–H and O–H groups in total. The van der Waals surface area contributed by atoms with Crippen LogP contribution in [-0.4, -0.2) is 28.1 Å². The Morgan fingerprint density at radius 2 is 2.06 bits per heavy atom. The SMILES string of the molecule is CC(=O)OC(C)C(=O)O.O=[N+]([O-])c1cc2ccc1=2. The quantitative estimate of drug-likeness (QED) is 0.500. The third-order valence-corrected chi connectivity index (χ3v) is 2.20. The van der Waals surface area contributed by atoms with Gasteiger partial charge in [0.1, 0.15) is 0 Å². The molecular weight excluding hydrogens is 242 g/mol. The van der Waals surface area contributed by atoms with E-state index in [1.807, 2.05) is 6.07 Å². The van der Waals surface area contributed by atoms with E-state index in [9.17, 15) is 19.7 Å². The van der Waals surface area contributed by atoms with Crippen LogP contribution >= 0.6 is 0 Å². The first-order valence-corrected chi connectivity index (χ1v) is 5.01. The zero-order valence-electron chi connectivity index (χ0n) is 9.75. The molecule has 0 amide bonds. The number of hydrogen-bond acceptors (Lipinski definition) is 5. The first-order valence-electron chi connectivity index (χ1n) is 5.01. The Morgan fingerprint density at radius 3 is 2.17 bits per heavy atom. The van der Waals surface area contributed by atoms with Crippen molar-refractivity contribution in [1.29, 1.82) is 0 Å². The van der Waals surface area contributed by atoms with E-state index in [2.05, 4.69) is 4.74 Å². The van der Waals surface area contributed by atoms with Crippen LogP contribution in [0.4, 0.5) is 5.69 Å². The number of hydrogen-bond donors (Lipinski definition) is 1. The molecule has 0 bridgehead atoms. The number of carbonyl (C=O) groups excluding carboxylic acids is 1. The van der Waals surface area contributed by atoms with Gasteiger partial charge in [-0.3, -0.25) is 14.9 Å². The van der Waals surface area contributed by atoms with E-state index in [0.29, 0.717) is 0 Å². The van der Waals surface area contributed by atoms with Crippen molar-refractivity contribution in [2.75, 3.05) is 0 Å². The zero-order valence-corrected chi connectivity index (χ0v) is 9.75. The number of rotatable bonds is 3. The van der Waals surface area contributed by atoms with Gasteiger partial charge in [0.05, 0.1) is 10.1 Å². The fraction of sp³-hybridized carbons (Fsp3) is 0.273. The van der Waals surface area contributed by atoms with E-state index in [1.165, 1.54) is 13.8 Å². The van der Waals surface area contributed by atoms with E-state index < -0.39 is 18.0 Å². The van der Waals surface area contributed by atoms with E-state index in [1.54, 1.807) is 12.1 Å². The number of nitro groups is 1. The van der Waals surface area contributed by atoms with Gasteiger partial charge >= 0.3 is 11.9 Å². The van der Waals surface area contributed by atoms with Crippen molar-refractivity contribution in [3.8, 4) is 0 Å². The summed E-state index contributed by atoms with van der Waals surface area (Å²) in [6, 6.07) is 5.20. The molecule has 0 aromatic heterocycles. The normalized spacial score (nSPS) is 11.7. The number of carboxylic acid groups (broad SMARTS) is 1. The molecule has 0 saturated carbocycles. The maximum Gasteiger partial charge on any atom is 0.344 e. The summed E-state index contributed by atoms with van der Waals surface area (Å²) in [4.78, 5) is 29.7. The number of non-ortho nitro benzene ring substituents is 1. The lowest BCUT2D eigenvalue weighted by Crippen LogP contribution is -2.21. The minimum Gasteiger partial charge on any atom is -0.479 e. The molecule has 0 aromatic rings. The van der Waals surface area contributed by atoms with Crippen molar-refractivity contribution in [3.05, 3.63) is 38.8 Å². The summed E-state index contributed by atoms with van der Waals surface area (Å²) in [5.74, 6) is -1.71. The minimum absolute atomic E-state index is 0.257. The second-order valence-corrected chi connectivity index (χ2v) is 3.58. The van der Waals surface area contributed by atoms with E-state index >= 15 is 0 Å². The molecule has 7 nitrogen and oxygen atoms in total. The molecule has 0 aliphatic heterocycles. The van der Waals surface area contributed by atoms with Crippen molar-refractivity contribution in [2.45, 2.75) is 20.0 Å². The van der Waals surface area contributed by atoms with Gasteiger partial charge in [0.15, 0.2) is 6.10 Å². The maximum atomic E-state index is 10.1. The Balaban J connectivity index is 0.000000180. The predicted molar refractivity (Wildman–Crippen MR) is 59.6 cm³/mol. The van der Waals surface area contributed by atoms with Crippen molar-refractivity contribution >= 4 is 17.6 Å². The van der Waals surface area contributed by atoms with Crippen LogP contribution in [0.2, 0.25) is 0 Å². The molecule has 0 heterocycles. The smallest absolute Gasteiger partial charge is 0.344 e. The predicted octanol–water partition coefficient (Wildman–Crippen LogP) is 1.22. The first-order chi connectivity index (χ1) is 8.32. The van der Waals surface area contributed by atoms with Gasteiger partial charge in [-0.2, -0.15) is 0 Å². The van der Waals surface area contributed by atoms with Crippen LogP contribution < -0.4 is 0 Å². The monoisotopic (exact) mass is 253 g/mol. The highest BCUT2D eigenvalue weighted by Gasteiger charge is 2.15. The van der Waals surface area contributed by atoms with Gasteiger partial charge in [-0.05, 0) is 18.2 Å². The summed E-state index contributed by atoms with van der Waals surface area (Å²) in [6.07, 6.45) is -1.04. The molecule has 96 valence electrons. The number of nitro benzene ring substituents is 1. The van der Waals surface area contributed by atoms with Crippen molar-refractivity contribution < 1.29 is 24.4 Å². The second kappa shape index (κ2) is 5.26. The van der Waals surface area contributed by atoms with Crippen LogP contribution in [0.5, 0.6) is 0 Å². The number of esters is 1.